The van der Waals surface area contributed by atoms with Crippen LogP contribution in [-0.4, -0.2) is 45.6 Å². The summed E-state index contributed by atoms with van der Waals surface area (Å²) >= 11 is 3.24. The first kappa shape index (κ1) is 18.1. The molecule has 27 heavy (non-hydrogen) atoms. The van der Waals surface area contributed by atoms with E-state index in [0.717, 1.165) is 38.9 Å². The predicted molar refractivity (Wildman–Crippen MR) is 109 cm³/mol. The number of rotatable bonds is 3. The van der Waals surface area contributed by atoms with Gasteiger partial charge in [0.15, 0.2) is 0 Å². The minimum atomic E-state index is -0.0146. The molecule has 2 aromatic rings. The molecular weight excluding hydrogens is 406 g/mol. The largest absolute Gasteiger partial charge is 0.337 e. The van der Waals surface area contributed by atoms with Gasteiger partial charge >= 0.3 is 0 Å². The Morgan fingerprint density at radius 3 is 2.74 bits per heavy atom. The average Bonchev–Trinajstić information content (AvgIpc) is 3.16. The third-order valence-electron chi connectivity index (χ3n) is 5.55. The maximum absolute atomic E-state index is 12.8. The molecule has 2 aliphatic rings. The number of carbonyl (C=O) groups is 1. The number of hydrogen-bond donors (Lipinski definition) is 3. The summed E-state index contributed by atoms with van der Waals surface area (Å²) in [5.41, 5.74) is 3.40. The molecule has 7 heteroatoms. The SMILES string of the molecule is N=C/C(Br)=C\c1ncc(C(=O)N2CCC3(CC2)Cc2ccccc2CN3)[nH]1. The number of halogens is 1. The van der Waals surface area contributed by atoms with Crippen LogP contribution in [0.4, 0.5) is 0 Å². The highest BCUT2D eigenvalue weighted by atomic mass is 79.9. The Kier molecular flexibility index (Phi) is 4.97. The van der Waals surface area contributed by atoms with E-state index in [2.05, 4.69) is 55.5 Å². The van der Waals surface area contributed by atoms with Gasteiger partial charge in [-0.15, -0.1) is 0 Å². The fraction of sp³-hybridized carbons (Fsp3) is 0.350. The third kappa shape index (κ3) is 3.75. The molecule has 1 saturated heterocycles. The monoisotopic (exact) mass is 427 g/mol. The second-order valence-electron chi connectivity index (χ2n) is 7.23. The normalized spacial score (nSPS) is 19.0. The van der Waals surface area contributed by atoms with Crippen molar-refractivity contribution in [2.24, 2.45) is 0 Å². The van der Waals surface area contributed by atoms with Crippen LogP contribution in [-0.2, 0) is 13.0 Å². The van der Waals surface area contributed by atoms with Gasteiger partial charge in [-0.2, -0.15) is 0 Å². The lowest BCUT2D eigenvalue weighted by Gasteiger charge is -2.45. The number of likely N-dealkylation sites (tertiary alicyclic amines) is 1. The van der Waals surface area contributed by atoms with Gasteiger partial charge in [0, 0.05) is 35.9 Å². The number of aromatic amines is 1. The molecule has 1 amide bonds. The van der Waals surface area contributed by atoms with Crippen molar-refractivity contribution in [1.82, 2.24) is 20.2 Å². The molecule has 3 N–H and O–H groups in total. The smallest absolute Gasteiger partial charge is 0.271 e. The topological polar surface area (TPSA) is 84.9 Å². The number of amides is 1. The van der Waals surface area contributed by atoms with Crippen molar-refractivity contribution in [3.63, 3.8) is 0 Å². The summed E-state index contributed by atoms with van der Waals surface area (Å²) in [6.45, 7) is 2.38. The Balaban J connectivity index is 1.41. The molecule has 6 nitrogen and oxygen atoms in total. The number of fused-ring (bicyclic) bond motifs is 1. The molecular formula is C20H22BrN5O. The van der Waals surface area contributed by atoms with E-state index in [1.54, 1.807) is 12.3 Å². The maximum atomic E-state index is 12.8. The number of H-pyrrole nitrogens is 1. The number of imidazole rings is 1. The first-order valence-electron chi connectivity index (χ1n) is 9.12. The molecule has 1 aromatic carbocycles. The van der Waals surface area contributed by atoms with Gasteiger partial charge in [0.25, 0.3) is 5.91 Å². The van der Waals surface area contributed by atoms with E-state index in [1.165, 1.54) is 17.3 Å². The number of piperidine rings is 1. The summed E-state index contributed by atoms with van der Waals surface area (Å²) in [4.78, 5) is 21.9. The highest BCUT2D eigenvalue weighted by molar-refractivity contribution is 9.12. The maximum Gasteiger partial charge on any atom is 0.271 e. The van der Waals surface area contributed by atoms with E-state index in [9.17, 15) is 4.79 Å². The molecule has 2 aliphatic heterocycles. The predicted octanol–water partition coefficient (Wildman–Crippen LogP) is 3.12. The number of nitrogens with one attached hydrogen (secondary N) is 3. The Morgan fingerprint density at radius 1 is 1.26 bits per heavy atom. The summed E-state index contributed by atoms with van der Waals surface area (Å²) in [6.07, 6.45) is 7.36. The Bertz CT molecular complexity index is 895. The van der Waals surface area contributed by atoms with Crippen LogP contribution in [0.1, 0.15) is 40.3 Å². The van der Waals surface area contributed by atoms with Crippen LogP contribution >= 0.6 is 15.9 Å². The van der Waals surface area contributed by atoms with E-state index < -0.39 is 0 Å². The third-order valence-corrected chi connectivity index (χ3v) is 6.01. The Hall–Kier alpha value is -2.25. The first-order chi connectivity index (χ1) is 13.1. The summed E-state index contributed by atoms with van der Waals surface area (Å²) in [7, 11) is 0. The number of carbonyl (C=O) groups excluding carboxylic acids is 1. The van der Waals surface area contributed by atoms with Crippen LogP contribution in [0.5, 0.6) is 0 Å². The number of allylic oxidation sites excluding steroid dienone is 1. The molecule has 1 fully saturated rings. The summed E-state index contributed by atoms with van der Waals surface area (Å²) in [6, 6.07) is 8.61. The van der Waals surface area contributed by atoms with E-state index in [-0.39, 0.29) is 11.4 Å². The molecule has 0 saturated carbocycles. The second kappa shape index (κ2) is 7.40. The van der Waals surface area contributed by atoms with Gasteiger partial charge < -0.3 is 20.6 Å². The van der Waals surface area contributed by atoms with Gasteiger partial charge in [-0.3, -0.25) is 4.79 Å². The fourth-order valence-electron chi connectivity index (χ4n) is 3.96. The van der Waals surface area contributed by atoms with Crippen molar-refractivity contribution < 1.29 is 4.79 Å². The molecule has 1 aromatic heterocycles. The molecule has 0 bridgehead atoms. The molecule has 0 aliphatic carbocycles. The van der Waals surface area contributed by atoms with Crippen molar-refractivity contribution in [3.8, 4) is 0 Å². The van der Waals surface area contributed by atoms with Gasteiger partial charge in [-0.25, -0.2) is 4.98 Å². The van der Waals surface area contributed by atoms with Gasteiger partial charge in [0.1, 0.15) is 11.5 Å². The van der Waals surface area contributed by atoms with Gasteiger partial charge in [-0.05, 0) is 52.4 Å². The zero-order valence-corrected chi connectivity index (χ0v) is 16.6. The average molecular weight is 428 g/mol. The fourth-order valence-corrected chi connectivity index (χ4v) is 4.18. The number of nitrogens with zero attached hydrogens (tertiary/aromatic N) is 2. The quantitative estimate of drug-likeness (QED) is 0.657. The van der Waals surface area contributed by atoms with Crippen LogP contribution < -0.4 is 5.32 Å². The molecule has 0 radical (unpaired) electrons. The van der Waals surface area contributed by atoms with Crippen LogP contribution in [0, 0.1) is 5.41 Å². The van der Waals surface area contributed by atoms with E-state index in [1.807, 2.05) is 4.90 Å². The second-order valence-corrected chi connectivity index (χ2v) is 8.14. The minimum absolute atomic E-state index is 0.0146. The first-order valence-corrected chi connectivity index (χ1v) is 9.92. The molecule has 0 unspecified atom stereocenters. The number of hydrogen-bond acceptors (Lipinski definition) is 4. The van der Waals surface area contributed by atoms with E-state index >= 15 is 0 Å². The number of aromatic nitrogens is 2. The van der Waals surface area contributed by atoms with E-state index in [4.69, 9.17) is 5.41 Å². The number of benzene rings is 1. The van der Waals surface area contributed by atoms with E-state index in [0.29, 0.717) is 16.0 Å². The van der Waals surface area contributed by atoms with Gasteiger partial charge in [0.2, 0.25) is 0 Å². The highest BCUT2D eigenvalue weighted by Crippen LogP contribution is 2.32. The minimum Gasteiger partial charge on any atom is -0.337 e. The summed E-state index contributed by atoms with van der Waals surface area (Å²) in [5.74, 6) is 0.548. The molecule has 140 valence electrons. The molecule has 3 heterocycles. The Labute approximate surface area is 166 Å². The van der Waals surface area contributed by atoms with Crippen molar-refractivity contribution in [2.75, 3.05) is 13.1 Å². The standard InChI is InChI=1S/C20H22BrN5O/c21-16(11-22)9-18-23-13-17(25-18)19(27)26-7-5-20(6-8-26)10-14-3-1-2-4-15(14)12-24-20/h1-4,9,11,13,22,24H,5-8,10,12H2,(H,23,25)/b16-9+,22-11?. The summed E-state index contributed by atoms with van der Waals surface area (Å²) < 4.78 is 0.597. The van der Waals surface area contributed by atoms with Crippen LogP contribution in [0.3, 0.4) is 0 Å². The van der Waals surface area contributed by atoms with Crippen LogP contribution in [0.2, 0.25) is 0 Å². The van der Waals surface area contributed by atoms with Crippen molar-refractivity contribution in [2.45, 2.75) is 31.3 Å². The molecule has 0 atom stereocenters. The summed E-state index contributed by atoms with van der Waals surface area (Å²) in [5, 5.41) is 10.9. The molecule has 1 spiro atoms. The zero-order valence-electron chi connectivity index (χ0n) is 15.0. The van der Waals surface area contributed by atoms with Crippen molar-refractivity contribution in [1.29, 1.82) is 5.41 Å². The van der Waals surface area contributed by atoms with Crippen molar-refractivity contribution in [3.05, 3.63) is 57.6 Å². The van der Waals surface area contributed by atoms with Gasteiger partial charge in [0.05, 0.1) is 6.20 Å². The van der Waals surface area contributed by atoms with Crippen LogP contribution in [0.25, 0.3) is 6.08 Å². The van der Waals surface area contributed by atoms with Gasteiger partial charge in [-0.1, -0.05) is 24.3 Å². The Morgan fingerprint density at radius 2 is 2.00 bits per heavy atom. The lowest BCUT2D eigenvalue weighted by molar-refractivity contribution is 0.0626. The van der Waals surface area contributed by atoms with Crippen LogP contribution in [0.15, 0.2) is 34.9 Å². The zero-order chi connectivity index (χ0) is 18.9. The molecule has 4 rings (SSSR count). The lowest BCUT2D eigenvalue weighted by atomic mass is 9.78. The highest BCUT2D eigenvalue weighted by Gasteiger charge is 2.38. The lowest BCUT2D eigenvalue weighted by Crippen LogP contribution is -2.57. The van der Waals surface area contributed by atoms with Crippen molar-refractivity contribution >= 4 is 34.1 Å².